The highest BCUT2D eigenvalue weighted by Gasteiger charge is 2.54. The van der Waals surface area contributed by atoms with Crippen LogP contribution in [0.2, 0.25) is 0 Å². The third kappa shape index (κ3) is 6.46. The van der Waals surface area contributed by atoms with E-state index in [0.717, 1.165) is 34.1 Å². The van der Waals surface area contributed by atoms with Gasteiger partial charge in [0.25, 0.3) is 17.7 Å². The number of amides is 3. The lowest BCUT2D eigenvalue weighted by molar-refractivity contribution is -0.161. The number of nitrogens with zero attached hydrogens (tertiary/aromatic N) is 4. The number of aryl methyl sites for hydroxylation is 1. The molecule has 0 bridgehead atoms. The van der Waals surface area contributed by atoms with Gasteiger partial charge in [-0.3, -0.25) is 24.1 Å². The molecule has 1 aromatic carbocycles. The molecule has 2 aliphatic rings. The third-order valence-electron chi connectivity index (χ3n) is 7.62. The first-order valence-electron chi connectivity index (χ1n) is 14.3. The molecule has 258 valence electrons. The van der Waals surface area contributed by atoms with Gasteiger partial charge in [-0.1, -0.05) is 5.16 Å². The number of thioether (sulfide) groups is 1. The van der Waals surface area contributed by atoms with Crippen LogP contribution in [0.4, 0.5) is 5.13 Å². The molecule has 2 atom stereocenters. The summed E-state index contributed by atoms with van der Waals surface area (Å²) in [6.07, 6.45) is 1.28. The highest BCUT2D eigenvalue weighted by molar-refractivity contribution is 8.00. The second kappa shape index (κ2) is 13.1. The van der Waals surface area contributed by atoms with E-state index in [-0.39, 0.29) is 45.2 Å². The molecule has 2 aromatic heterocycles. The van der Waals surface area contributed by atoms with Crippen LogP contribution in [0, 0.1) is 0 Å². The van der Waals surface area contributed by atoms with Gasteiger partial charge < -0.3 is 46.2 Å². The van der Waals surface area contributed by atoms with E-state index in [1.54, 1.807) is 6.92 Å². The number of carbonyl (C=O) groups excluding carboxylic acids is 3. The Bertz CT molecular complexity index is 2050. The quantitative estimate of drug-likeness (QED) is 0.0606. The second-order valence-corrected chi connectivity index (χ2v) is 13.2. The number of oxime groups is 1. The summed E-state index contributed by atoms with van der Waals surface area (Å²) in [6, 6.07) is 1.04. The van der Waals surface area contributed by atoms with E-state index in [0.29, 0.717) is 6.54 Å². The minimum absolute atomic E-state index is 0.0193. The van der Waals surface area contributed by atoms with Crippen molar-refractivity contribution < 1.29 is 49.2 Å². The summed E-state index contributed by atoms with van der Waals surface area (Å²) in [6.45, 7) is 4.11. The highest BCUT2D eigenvalue weighted by atomic mass is 32.2. The number of phenols is 2. The molecule has 0 unspecified atom stereocenters. The van der Waals surface area contributed by atoms with Crippen molar-refractivity contribution in [2.75, 3.05) is 18.0 Å². The Hall–Kier alpha value is -5.63. The minimum Gasteiger partial charge on any atom is -0.504 e. The van der Waals surface area contributed by atoms with E-state index in [9.17, 15) is 49.2 Å². The first-order valence-corrected chi connectivity index (χ1v) is 16.3. The molecule has 18 nitrogen and oxygen atoms in total. The number of nitrogen functional groups attached to an aromatic ring is 1. The monoisotopic (exact) mass is 715 g/mol. The maximum Gasteiger partial charge on any atom is 0.352 e. The van der Waals surface area contributed by atoms with Crippen LogP contribution < -0.4 is 21.8 Å². The van der Waals surface area contributed by atoms with Crippen LogP contribution in [0.5, 0.6) is 11.5 Å². The SMILES string of the molecule is CCn1cc(C(=O)NCC2=C(C(=O)O)N3C(=O)[C@@H](NC(=O)/C(=N\OC(C)(C)C(=O)O)c4csc(N)n4)[C@H]3SC2)c(=O)c2cc(O)c(O)cc21. The van der Waals surface area contributed by atoms with Gasteiger partial charge in [-0.15, -0.1) is 23.1 Å². The molecule has 49 heavy (non-hydrogen) atoms. The number of nitrogens with one attached hydrogen (secondary N) is 2. The second-order valence-electron chi connectivity index (χ2n) is 11.2. The Balaban J connectivity index is 1.35. The number of aromatic nitrogens is 2. The van der Waals surface area contributed by atoms with Gasteiger partial charge in [0.1, 0.15) is 28.4 Å². The van der Waals surface area contributed by atoms with Gasteiger partial charge in [-0.25, -0.2) is 14.6 Å². The number of hydrogen-bond acceptors (Lipinski definition) is 14. The number of rotatable bonds is 11. The molecule has 0 aliphatic carbocycles. The molecule has 0 spiro atoms. The Morgan fingerprint density at radius 1 is 1.16 bits per heavy atom. The summed E-state index contributed by atoms with van der Waals surface area (Å²) in [5.74, 6) is -6.38. The molecule has 1 fully saturated rings. The zero-order chi connectivity index (χ0) is 35.9. The summed E-state index contributed by atoms with van der Waals surface area (Å²) < 4.78 is 1.53. The van der Waals surface area contributed by atoms with Crippen molar-refractivity contribution >= 4 is 74.5 Å². The molecule has 8 N–H and O–H groups in total. The Kier molecular flexibility index (Phi) is 9.28. The van der Waals surface area contributed by atoms with E-state index < -0.39 is 75.0 Å². The Labute approximate surface area is 283 Å². The number of fused-ring (bicyclic) bond motifs is 2. The lowest BCUT2D eigenvalue weighted by Gasteiger charge is -2.49. The lowest BCUT2D eigenvalue weighted by atomic mass is 10.0. The van der Waals surface area contributed by atoms with Crippen molar-refractivity contribution in [1.29, 1.82) is 0 Å². The number of aromatic hydroxyl groups is 2. The number of carboxylic acids is 2. The summed E-state index contributed by atoms with van der Waals surface area (Å²) in [7, 11) is 0. The van der Waals surface area contributed by atoms with Crippen molar-refractivity contribution in [2.24, 2.45) is 5.16 Å². The zero-order valence-corrected chi connectivity index (χ0v) is 27.5. The first kappa shape index (κ1) is 34.7. The van der Waals surface area contributed by atoms with Gasteiger partial charge in [0, 0.05) is 36.5 Å². The average molecular weight is 716 g/mol. The van der Waals surface area contributed by atoms with Gasteiger partial charge in [0.05, 0.1) is 10.9 Å². The molecule has 3 aromatic rings. The number of aliphatic carboxylic acids is 2. The number of β-lactam (4-membered cyclic amide) rings is 1. The van der Waals surface area contributed by atoms with Crippen LogP contribution in [0.1, 0.15) is 36.8 Å². The minimum atomic E-state index is -1.82. The maximum atomic E-state index is 13.3. The van der Waals surface area contributed by atoms with Gasteiger partial charge in [-0.2, -0.15) is 0 Å². The molecule has 5 rings (SSSR count). The standard InChI is InChI=1S/C29H29N7O11S2/c1-4-35-8-13(21(39)12-5-16(37)17(38)6-15(12)35)22(40)31-7-11-9-48-25-19(24(42)36(25)20(11)26(43)44)33-23(41)18(14-10-49-28(30)32-14)34-47-29(2,3)27(45)46/h5-6,8,10,19,25,37-38H,4,7,9H2,1-3H3,(H2,30,32)(H,31,40)(H,33,41)(H,43,44)(H,45,46)/b34-18-/t19-,25-/m1/s1. The summed E-state index contributed by atoms with van der Waals surface area (Å²) in [5.41, 5.74) is 2.36. The number of carbonyl (C=O) groups is 5. The van der Waals surface area contributed by atoms with Crippen molar-refractivity contribution in [3.8, 4) is 11.5 Å². The fraction of sp³-hybridized carbons (Fsp3) is 0.310. The maximum absolute atomic E-state index is 13.3. The molecule has 4 heterocycles. The molecule has 0 saturated carbocycles. The number of benzene rings is 1. The van der Waals surface area contributed by atoms with Gasteiger partial charge in [0.2, 0.25) is 11.0 Å². The third-order valence-corrected chi connectivity index (χ3v) is 9.63. The van der Waals surface area contributed by atoms with E-state index in [4.69, 9.17) is 10.6 Å². The summed E-state index contributed by atoms with van der Waals surface area (Å²) in [5, 5.41) is 48.5. The van der Waals surface area contributed by atoms with Crippen LogP contribution in [0.25, 0.3) is 10.9 Å². The Morgan fingerprint density at radius 2 is 1.86 bits per heavy atom. The molecule has 20 heteroatoms. The average Bonchev–Trinajstić information content (AvgIpc) is 3.48. The van der Waals surface area contributed by atoms with Crippen LogP contribution in [-0.4, -0.2) is 99.6 Å². The van der Waals surface area contributed by atoms with Crippen LogP contribution in [-0.2, 0) is 30.6 Å². The topological polar surface area (TPSA) is 276 Å². The van der Waals surface area contributed by atoms with Crippen LogP contribution >= 0.6 is 23.1 Å². The first-order chi connectivity index (χ1) is 23.0. The van der Waals surface area contributed by atoms with E-state index in [2.05, 4.69) is 20.8 Å². The van der Waals surface area contributed by atoms with Crippen molar-refractivity contribution in [2.45, 2.75) is 44.3 Å². The van der Waals surface area contributed by atoms with Gasteiger partial charge in [0.15, 0.2) is 22.3 Å². The molecule has 3 amide bonds. The molecule has 1 saturated heterocycles. The van der Waals surface area contributed by atoms with Crippen LogP contribution in [0.15, 0.2) is 44.9 Å². The van der Waals surface area contributed by atoms with E-state index in [1.165, 1.54) is 36.1 Å². The van der Waals surface area contributed by atoms with Crippen molar-refractivity contribution in [3.63, 3.8) is 0 Å². The number of thiazole rings is 1. The fourth-order valence-corrected chi connectivity index (χ4v) is 6.84. The van der Waals surface area contributed by atoms with Gasteiger partial charge >= 0.3 is 11.9 Å². The number of hydrogen-bond donors (Lipinski definition) is 7. The molecular formula is C29H29N7O11S2. The predicted molar refractivity (Wildman–Crippen MR) is 175 cm³/mol. The number of phenolic OH excluding ortho intramolecular Hbond substituents is 2. The van der Waals surface area contributed by atoms with E-state index >= 15 is 0 Å². The highest BCUT2D eigenvalue weighted by Crippen LogP contribution is 2.40. The van der Waals surface area contributed by atoms with Crippen LogP contribution in [0.3, 0.4) is 0 Å². The fourth-order valence-electron chi connectivity index (χ4n) is 4.95. The van der Waals surface area contributed by atoms with Crippen molar-refractivity contribution in [3.05, 3.63) is 56.5 Å². The number of anilines is 1. The summed E-state index contributed by atoms with van der Waals surface area (Å²) in [4.78, 5) is 86.7. The number of nitrogens with two attached hydrogens (primary N) is 1. The molecule has 2 aliphatic heterocycles. The molecule has 0 radical (unpaired) electrons. The largest absolute Gasteiger partial charge is 0.504 e. The van der Waals surface area contributed by atoms with Crippen molar-refractivity contribution in [1.82, 2.24) is 25.1 Å². The summed E-state index contributed by atoms with van der Waals surface area (Å²) >= 11 is 2.08. The zero-order valence-electron chi connectivity index (χ0n) is 25.9. The number of pyridine rings is 1. The smallest absolute Gasteiger partial charge is 0.352 e. The predicted octanol–water partition coefficient (Wildman–Crippen LogP) is 0.224. The normalized spacial score (nSPS) is 17.7. The van der Waals surface area contributed by atoms with Gasteiger partial charge in [-0.05, 0) is 32.4 Å². The Morgan fingerprint density at radius 3 is 2.47 bits per heavy atom. The van der Waals surface area contributed by atoms with E-state index in [1.807, 2.05) is 0 Å². The molecular weight excluding hydrogens is 686 g/mol. The number of carboxylic acid groups (broad SMARTS) is 2. The lowest BCUT2D eigenvalue weighted by Crippen LogP contribution is -2.71.